The van der Waals surface area contributed by atoms with Gasteiger partial charge in [-0.05, 0) is 37.6 Å². The maximum Gasteiger partial charge on any atom is 0.254 e. The molecular formula is C17H25N3O3. The second kappa shape index (κ2) is 7.97. The SMILES string of the molecule is COc1cc(C(=O)N2CCN(C(=O)CCCN)CC2)ccc1C. The molecule has 1 heterocycles. The van der Waals surface area contributed by atoms with Gasteiger partial charge in [0.1, 0.15) is 5.75 Å². The Morgan fingerprint density at radius 2 is 1.83 bits per heavy atom. The first-order valence-corrected chi connectivity index (χ1v) is 7.98. The van der Waals surface area contributed by atoms with Crippen LogP contribution in [0.5, 0.6) is 5.75 Å². The lowest BCUT2D eigenvalue weighted by molar-refractivity contribution is -0.132. The van der Waals surface area contributed by atoms with Crippen LogP contribution in [-0.4, -0.2) is 61.4 Å². The number of aryl methyl sites for hydroxylation is 1. The van der Waals surface area contributed by atoms with Gasteiger partial charge in [-0.15, -0.1) is 0 Å². The van der Waals surface area contributed by atoms with Crippen molar-refractivity contribution in [1.29, 1.82) is 0 Å². The number of nitrogens with two attached hydrogens (primary N) is 1. The van der Waals surface area contributed by atoms with E-state index in [0.717, 1.165) is 5.56 Å². The Bertz CT molecular complexity index is 566. The van der Waals surface area contributed by atoms with Crippen LogP contribution < -0.4 is 10.5 Å². The molecule has 0 spiro atoms. The van der Waals surface area contributed by atoms with Crippen molar-refractivity contribution in [3.8, 4) is 5.75 Å². The van der Waals surface area contributed by atoms with Gasteiger partial charge < -0.3 is 20.3 Å². The first-order valence-electron chi connectivity index (χ1n) is 7.98. The van der Waals surface area contributed by atoms with Gasteiger partial charge in [-0.1, -0.05) is 6.07 Å². The number of piperazine rings is 1. The van der Waals surface area contributed by atoms with Crippen molar-refractivity contribution in [3.05, 3.63) is 29.3 Å². The summed E-state index contributed by atoms with van der Waals surface area (Å²) in [7, 11) is 1.60. The summed E-state index contributed by atoms with van der Waals surface area (Å²) >= 11 is 0. The van der Waals surface area contributed by atoms with E-state index < -0.39 is 0 Å². The highest BCUT2D eigenvalue weighted by Gasteiger charge is 2.24. The van der Waals surface area contributed by atoms with Crippen LogP contribution in [0.1, 0.15) is 28.8 Å². The number of benzene rings is 1. The summed E-state index contributed by atoms with van der Waals surface area (Å²) in [5.41, 5.74) is 7.05. The first kappa shape index (κ1) is 17.3. The lowest BCUT2D eigenvalue weighted by atomic mass is 10.1. The van der Waals surface area contributed by atoms with E-state index in [1.807, 2.05) is 24.0 Å². The molecule has 0 aliphatic carbocycles. The maximum absolute atomic E-state index is 12.6. The van der Waals surface area contributed by atoms with Crippen molar-refractivity contribution < 1.29 is 14.3 Å². The van der Waals surface area contributed by atoms with E-state index in [0.29, 0.717) is 56.9 Å². The van der Waals surface area contributed by atoms with Crippen molar-refractivity contribution in [2.45, 2.75) is 19.8 Å². The zero-order valence-corrected chi connectivity index (χ0v) is 13.9. The average molecular weight is 319 g/mol. The Morgan fingerprint density at radius 1 is 1.17 bits per heavy atom. The zero-order chi connectivity index (χ0) is 16.8. The molecule has 2 rings (SSSR count). The average Bonchev–Trinajstić information content (AvgIpc) is 2.59. The molecule has 0 radical (unpaired) electrons. The third-order valence-corrected chi connectivity index (χ3v) is 4.17. The molecule has 0 bridgehead atoms. The van der Waals surface area contributed by atoms with Crippen molar-refractivity contribution in [3.63, 3.8) is 0 Å². The fraction of sp³-hybridized carbons (Fsp3) is 0.529. The number of hydrogen-bond donors (Lipinski definition) is 1. The van der Waals surface area contributed by atoms with Gasteiger partial charge in [-0.2, -0.15) is 0 Å². The number of carbonyl (C=O) groups is 2. The summed E-state index contributed by atoms with van der Waals surface area (Å²) in [5.74, 6) is 0.823. The molecule has 1 aliphatic heterocycles. The predicted octanol–water partition coefficient (Wildman–Crippen LogP) is 1.03. The molecule has 1 aromatic carbocycles. The Kier molecular flexibility index (Phi) is 5.98. The summed E-state index contributed by atoms with van der Waals surface area (Å²) in [6.07, 6.45) is 1.20. The summed E-state index contributed by atoms with van der Waals surface area (Å²) in [4.78, 5) is 28.2. The highest BCUT2D eigenvalue weighted by atomic mass is 16.5. The van der Waals surface area contributed by atoms with Crippen molar-refractivity contribution in [1.82, 2.24) is 9.80 Å². The molecule has 1 fully saturated rings. The van der Waals surface area contributed by atoms with E-state index in [1.54, 1.807) is 18.1 Å². The second-order valence-electron chi connectivity index (χ2n) is 5.75. The molecule has 2 N–H and O–H groups in total. The number of carbonyl (C=O) groups excluding carboxylic acids is 2. The Labute approximate surface area is 137 Å². The fourth-order valence-electron chi connectivity index (χ4n) is 2.71. The number of methoxy groups -OCH3 is 1. The molecule has 1 aliphatic rings. The van der Waals surface area contributed by atoms with Gasteiger partial charge in [0, 0.05) is 38.2 Å². The predicted molar refractivity (Wildman–Crippen MR) is 88.5 cm³/mol. The summed E-state index contributed by atoms with van der Waals surface area (Å²) < 4.78 is 5.28. The van der Waals surface area contributed by atoms with Gasteiger partial charge in [0.05, 0.1) is 7.11 Å². The highest BCUT2D eigenvalue weighted by Crippen LogP contribution is 2.20. The van der Waals surface area contributed by atoms with Crippen molar-refractivity contribution >= 4 is 11.8 Å². The third kappa shape index (κ3) is 4.22. The van der Waals surface area contributed by atoms with E-state index in [9.17, 15) is 9.59 Å². The van der Waals surface area contributed by atoms with Crippen LogP contribution in [0.15, 0.2) is 18.2 Å². The third-order valence-electron chi connectivity index (χ3n) is 4.17. The minimum atomic E-state index is -0.0163. The molecule has 1 aromatic rings. The quantitative estimate of drug-likeness (QED) is 0.879. The molecule has 23 heavy (non-hydrogen) atoms. The van der Waals surface area contributed by atoms with Crippen LogP contribution in [0.25, 0.3) is 0 Å². The normalized spacial score (nSPS) is 14.7. The van der Waals surface area contributed by atoms with Crippen LogP contribution in [0.2, 0.25) is 0 Å². The first-order chi connectivity index (χ1) is 11.1. The van der Waals surface area contributed by atoms with Crippen LogP contribution in [0, 0.1) is 6.92 Å². The van der Waals surface area contributed by atoms with Gasteiger partial charge in [0.2, 0.25) is 5.91 Å². The molecule has 6 nitrogen and oxygen atoms in total. The summed E-state index contributed by atoms with van der Waals surface area (Å²) in [6, 6.07) is 5.48. The van der Waals surface area contributed by atoms with Gasteiger partial charge in [0.15, 0.2) is 0 Å². The largest absolute Gasteiger partial charge is 0.496 e. The Hall–Kier alpha value is -2.08. The summed E-state index contributed by atoms with van der Waals surface area (Å²) in [5, 5.41) is 0. The number of amides is 2. The topological polar surface area (TPSA) is 75.9 Å². The molecule has 0 atom stereocenters. The Balaban J connectivity index is 1.94. The molecule has 1 saturated heterocycles. The number of nitrogens with zero attached hydrogens (tertiary/aromatic N) is 2. The molecule has 0 saturated carbocycles. The van der Waals surface area contributed by atoms with Gasteiger partial charge in [-0.3, -0.25) is 9.59 Å². The van der Waals surface area contributed by atoms with E-state index in [2.05, 4.69) is 0 Å². The number of rotatable bonds is 5. The molecule has 6 heteroatoms. The van der Waals surface area contributed by atoms with Crippen molar-refractivity contribution in [2.75, 3.05) is 39.8 Å². The monoisotopic (exact) mass is 319 g/mol. The van der Waals surface area contributed by atoms with E-state index in [-0.39, 0.29) is 11.8 Å². The lowest BCUT2D eigenvalue weighted by Gasteiger charge is -2.35. The minimum absolute atomic E-state index is 0.0163. The number of hydrogen-bond acceptors (Lipinski definition) is 4. The zero-order valence-electron chi connectivity index (χ0n) is 13.9. The molecule has 0 unspecified atom stereocenters. The molecule has 2 amide bonds. The highest BCUT2D eigenvalue weighted by molar-refractivity contribution is 5.95. The van der Waals surface area contributed by atoms with E-state index in [1.165, 1.54) is 0 Å². The lowest BCUT2D eigenvalue weighted by Crippen LogP contribution is -2.50. The van der Waals surface area contributed by atoms with E-state index >= 15 is 0 Å². The standard InChI is InChI=1S/C17H25N3O3/c1-13-5-6-14(12-15(13)23-2)17(22)20-10-8-19(9-11-20)16(21)4-3-7-18/h5-6,12H,3-4,7-11,18H2,1-2H3. The molecule has 126 valence electrons. The second-order valence-corrected chi connectivity index (χ2v) is 5.75. The number of ether oxygens (including phenoxy) is 1. The van der Waals surface area contributed by atoms with Gasteiger partial charge in [0.25, 0.3) is 5.91 Å². The van der Waals surface area contributed by atoms with E-state index in [4.69, 9.17) is 10.5 Å². The Morgan fingerprint density at radius 3 is 2.43 bits per heavy atom. The molecule has 0 aromatic heterocycles. The van der Waals surface area contributed by atoms with Crippen LogP contribution in [0.4, 0.5) is 0 Å². The van der Waals surface area contributed by atoms with Gasteiger partial charge in [-0.25, -0.2) is 0 Å². The van der Waals surface area contributed by atoms with Crippen LogP contribution >= 0.6 is 0 Å². The maximum atomic E-state index is 12.6. The van der Waals surface area contributed by atoms with Crippen molar-refractivity contribution in [2.24, 2.45) is 5.73 Å². The van der Waals surface area contributed by atoms with Gasteiger partial charge >= 0.3 is 0 Å². The summed E-state index contributed by atoms with van der Waals surface area (Å²) in [6.45, 7) is 4.75. The molecular weight excluding hydrogens is 294 g/mol. The van der Waals surface area contributed by atoms with Crippen LogP contribution in [-0.2, 0) is 4.79 Å². The van der Waals surface area contributed by atoms with Crippen LogP contribution in [0.3, 0.4) is 0 Å². The fourth-order valence-corrected chi connectivity index (χ4v) is 2.71. The minimum Gasteiger partial charge on any atom is -0.496 e. The smallest absolute Gasteiger partial charge is 0.254 e.